The second-order valence-corrected chi connectivity index (χ2v) is 9.99. The van der Waals surface area contributed by atoms with E-state index in [0.717, 1.165) is 54.6 Å². The SMILES string of the molecule is C=CC(=O)N1CCN(c2nc(OC)nc3c2CCN(c2cccc(OC)c2C)C3)CC1.CC#N.CN1CCCC1. The zero-order chi connectivity index (χ0) is 29.1. The summed E-state index contributed by atoms with van der Waals surface area (Å²) in [7, 11) is 5.47. The second kappa shape index (κ2) is 15.1. The van der Waals surface area contributed by atoms with Gasteiger partial charge in [0.25, 0.3) is 0 Å². The molecule has 0 spiro atoms. The zero-order valence-corrected chi connectivity index (χ0v) is 24.6. The first-order valence-electron chi connectivity index (χ1n) is 13.8. The molecule has 40 heavy (non-hydrogen) atoms. The molecule has 2 fully saturated rings. The third kappa shape index (κ3) is 7.63. The van der Waals surface area contributed by atoms with Gasteiger partial charge in [0.05, 0.1) is 32.5 Å². The fourth-order valence-corrected chi connectivity index (χ4v) is 5.26. The number of benzene rings is 1. The maximum Gasteiger partial charge on any atom is 0.318 e. The fourth-order valence-electron chi connectivity index (χ4n) is 5.26. The molecule has 3 aliphatic rings. The van der Waals surface area contributed by atoms with Gasteiger partial charge in [-0.3, -0.25) is 4.79 Å². The van der Waals surface area contributed by atoms with Crippen LogP contribution in [0, 0.1) is 18.3 Å². The summed E-state index contributed by atoms with van der Waals surface area (Å²) in [5.41, 5.74) is 4.43. The molecule has 10 nitrogen and oxygen atoms in total. The Labute approximate surface area is 238 Å². The molecule has 2 saturated heterocycles. The monoisotopic (exact) mass is 549 g/mol. The molecule has 216 valence electrons. The van der Waals surface area contributed by atoms with E-state index >= 15 is 0 Å². The first-order chi connectivity index (χ1) is 19.4. The van der Waals surface area contributed by atoms with Crippen molar-refractivity contribution in [2.24, 2.45) is 0 Å². The molecule has 3 aliphatic heterocycles. The Morgan fingerprint density at radius 2 is 1.70 bits per heavy atom. The molecule has 1 amide bonds. The number of amides is 1. The third-order valence-electron chi connectivity index (χ3n) is 7.42. The summed E-state index contributed by atoms with van der Waals surface area (Å²) in [6.45, 7) is 14.1. The van der Waals surface area contributed by atoms with Crippen LogP contribution in [0.5, 0.6) is 11.8 Å². The number of aromatic nitrogens is 2. The Kier molecular flexibility index (Phi) is 11.6. The molecule has 0 N–H and O–H groups in total. The molecule has 0 aliphatic carbocycles. The fraction of sp³-hybridized carbons (Fsp3) is 0.533. The van der Waals surface area contributed by atoms with Crippen LogP contribution < -0.4 is 19.3 Å². The largest absolute Gasteiger partial charge is 0.496 e. The zero-order valence-electron chi connectivity index (χ0n) is 24.6. The number of carbonyl (C=O) groups is 1. The van der Waals surface area contributed by atoms with E-state index < -0.39 is 0 Å². The van der Waals surface area contributed by atoms with Crippen LogP contribution in [-0.4, -0.2) is 92.8 Å². The molecule has 0 unspecified atom stereocenters. The van der Waals surface area contributed by atoms with Gasteiger partial charge in [-0.05, 0) is 64.5 Å². The quantitative estimate of drug-likeness (QED) is 0.520. The Bertz CT molecular complexity index is 1180. The molecule has 0 radical (unpaired) electrons. The smallest absolute Gasteiger partial charge is 0.318 e. The Morgan fingerprint density at radius 3 is 2.25 bits per heavy atom. The Morgan fingerprint density at radius 1 is 1.02 bits per heavy atom. The van der Waals surface area contributed by atoms with Gasteiger partial charge in [-0.15, -0.1) is 0 Å². The van der Waals surface area contributed by atoms with Crippen LogP contribution in [0.25, 0.3) is 0 Å². The van der Waals surface area contributed by atoms with Gasteiger partial charge in [0.2, 0.25) is 5.91 Å². The molecule has 0 bridgehead atoms. The Hall–Kier alpha value is -3.84. The minimum absolute atomic E-state index is 0.0220. The summed E-state index contributed by atoms with van der Waals surface area (Å²) in [6, 6.07) is 8.25. The molecule has 0 saturated carbocycles. The van der Waals surface area contributed by atoms with Crippen molar-refractivity contribution in [1.29, 1.82) is 5.26 Å². The van der Waals surface area contributed by atoms with Crippen molar-refractivity contribution in [2.45, 2.75) is 39.7 Å². The summed E-state index contributed by atoms with van der Waals surface area (Å²) in [5.74, 6) is 1.79. The maximum absolute atomic E-state index is 11.9. The van der Waals surface area contributed by atoms with Crippen LogP contribution in [0.4, 0.5) is 11.5 Å². The van der Waals surface area contributed by atoms with Crippen LogP contribution in [0.3, 0.4) is 0 Å². The van der Waals surface area contributed by atoms with Crippen LogP contribution in [0.15, 0.2) is 30.9 Å². The molecule has 0 atom stereocenters. The van der Waals surface area contributed by atoms with E-state index in [1.54, 1.807) is 20.3 Å². The standard InChI is InChI=1S/C23H29N5O3.C5H11N.C2H3N/c1-5-21(29)26-11-13-27(14-12-26)22-17-9-10-28(15-18(17)24-23(25-22)31-4)19-7-6-8-20(30-3)16(19)2;1-6-4-2-3-5-6;1-2-3/h5-8H,1,9-15H2,2-4H3;2-5H2,1H3;1H3. The van der Waals surface area contributed by atoms with Crippen LogP contribution >= 0.6 is 0 Å². The highest BCUT2D eigenvalue weighted by Gasteiger charge is 2.29. The van der Waals surface area contributed by atoms with Gasteiger partial charge in [-0.2, -0.15) is 15.2 Å². The van der Waals surface area contributed by atoms with Crippen molar-refractivity contribution in [1.82, 2.24) is 19.8 Å². The highest BCUT2D eigenvalue weighted by molar-refractivity contribution is 5.87. The number of fused-ring (bicyclic) bond motifs is 1. The minimum Gasteiger partial charge on any atom is -0.496 e. The summed E-state index contributed by atoms with van der Waals surface area (Å²) in [5, 5.41) is 7.32. The lowest BCUT2D eigenvalue weighted by atomic mass is 10.0. The molecule has 1 aromatic carbocycles. The maximum atomic E-state index is 11.9. The van der Waals surface area contributed by atoms with Gasteiger partial charge in [-0.25, -0.2) is 0 Å². The number of methoxy groups -OCH3 is 2. The normalized spacial score (nSPS) is 16.4. The van der Waals surface area contributed by atoms with Gasteiger partial charge < -0.3 is 29.1 Å². The van der Waals surface area contributed by atoms with Crippen LogP contribution in [0.1, 0.15) is 36.6 Å². The number of piperazine rings is 1. The van der Waals surface area contributed by atoms with Crippen LogP contribution in [-0.2, 0) is 17.8 Å². The molecule has 2 aromatic rings. The average Bonchev–Trinajstić information content (AvgIpc) is 3.47. The van der Waals surface area contributed by atoms with Crippen molar-refractivity contribution in [3.63, 3.8) is 0 Å². The predicted octanol–water partition coefficient (Wildman–Crippen LogP) is 3.44. The van der Waals surface area contributed by atoms with Gasteiger partial charge in [0.15, 0.2) is 0 Å². The summed E-state index contributed by atoms with van der Waals surface area (Å²) in [6.07, 6.45) is 5.05. The molecule has 5 rings (SSSR count). The highest BCUT2D eigenvalue weighted by atomic mass is 16.5. The number of carbonyl (C=O) groups excluding carboxylic acids is 1. The lowest BCUT2D eigenvalue weighted by Gasteiger charge is -2.38. The number of hydrogen-bond donors (Lipinski definition) is 0. The molecular formula is C30H43N7O3. The lowest BCUT2D eigenvalue weighted by Crippen LogP contribution is -2.49. The van der Waals surface area contributed by atoms with E-state index in [-0.39, 0.29) is 5.91 Å². The first kappa shape index (κ1) is 30.7. The average molecular weight is 550 g/mol. The van der Waals surface area contributed by atoms with E-state index in [4.69, 9.17) is 19.7 Å². The first-order valence-corrected chi connectivity index (χ1v) is 13.8. The summed E-state index contributed by atoms with van der Waals surface area (Å²) >= 11 is 0. The van der Waals surface area contributed by atoms with Crippen LogP contribution in [0.2, 0.25) is 0 Å². The van der Waals surface area contributed by atoms with Gasteiger partial charge >= 0.3 is 6.01 Å². The number of hydrogen-bond acceptors (Lipinski definition) is 9. The van der Waals surface area contributed by atoms with Crippen molar-refractivity contribution in [3.05, 3.63) is 47.7 Å². The number of nitrogens with zero attached hydrogens (tertiary/aromatic N) is 7. The topological polar surface area (TPSA) is 98.1 Å². The molecule has 1 aromatic heterocycles. The lowest BCUT2D eigenvalue weighted by molar-refractivity contribution is -0.126. The van der Waals surface area contributed by atoms with Gasteiger partial charge in [0, 0.05) is 56.5 Å². The van der Waals surface area contributed by atoms with E-state index in [9.17, 15) is 4.79 Å². The van der Waals surface area contributed by atoms with Gasteiger partial charge in [0.1, 0.15) is 11.6 Å². The highest BCUT2D eigenvalue weighted by Crippen LogP contribution is 2.34. The number of likely N-dealkylation sites (tertiary alicyclic amines) is 1. The van der Waals surface area contributed by atoms with Crippen molar-refractivity contribution < 1.29 is 14.3 Å². The number of rotatable bonds is 5. The summed E-state index contributed by atoms with van der Waals surface area (Å²) < 4.78 is 10.9. The number of anilines is 2. The van der Waals surface area contributed by atoms with Gasteiger partial charge in [-0.1, -0.05) is 12.6 Å². The van der Waals surface area contributed by atoms with Crippen molar-refractivity contribution >= 4 is 17.4 Å². The third-order valence-corrected chi connectivity index (χ3v) is 7.42. The summed E-state index contributed by atoms with van der Waals surface area (Å²) in [4.78, 5) is 30.0. The van der Waals surface area contributed by atoms with E-state index in [1.165, 1.54) is 44.5 Å². The molecule has 10 heteroatoms. The molecule has 4 heterocycles. The van der Waals surface area contributed by atoms with E-state index in [0.29, 0.717) is 25.6 Å². The Balaban J connectivity index is 0.000000421. The number of nitriles is 1. The second-order valence-electron chi connectivity index (χ2n) is 9.99. The van der Waals surface area contributed by atoms with E-state index in [2.05, 4.69) is 46.3 Å². The number of ether oxygens (including phenoxy) is 2. The predicted molar refractivity (Wildman–Crippen MR) is 158 cm³/mol. The van der Waals surface area contributed by atoms with E-state index in [1.807, 2.05) is 17.0 Å². The van der Waals surface area contributed by atoms with Crippen molar-refractivity contribution in [2.75, 3.05) is 76.9 Å². The minimum atomic E-state index is -0.0220. The van der Waals surface area contributed by atoms with Crippen molar-refractivity contribution in [3.8, 4) is 17.8 Å². The molecular weight excluding hydrogens is 506 g/mol.